The Balaban J connectivity index is 3.15. The average Bonchev–Trinajstić information content (AvgIpc) is 1.30. The molecule has 0 aromatic heterocycles. The molecule has 0 saturated carbocycles. The van der Waals surface area contributed by atoms with E-state index in [2.05, 4.69) is 19.6 Å². The molecule has 0 atom stereocenters. The maximum atomic E-state index is 8.44. The first-order chi connectivity index (χ1) is 3.06. The van der Waals surface area contributed by atoms with Crippen LogP contribution in [0.4, 0.5) is 0 Å². The zero-order valence-electron chi connectivity index (χ0n) is 5.36. The Bertz CT molecular complexity index is 46.5. The molecular formula is C5H14OSi. The lowest BCUT2D eigenvalue weighted by Crippen LogP contribution is -2.20. The van der Waals surface area contributed by atoms with E-state index in [-0.39, 0.29) is 0 Å². The molecule has 0 aromatic rings. The van der Waals surface area contributed by atoms with Crippen LogP contribution in [0.25, 0.3) is 0 Å². The standard InChI is InChI=1S/C5H14OSi/c1-7(2,3)5-4-6/h6H,4-5H2,1-3H3/i6+2. The molecule has 0 saturated heterocycles. The smallest absolute Gasteiger partial charge is 0.0465 e. The van der Waals surface area contributed by atoms with Crippen molar-refractivity contribution < 1.29 is 5.11 Å². The lowest BCUT2D eigenvalue weighted by Gasteiger charge is -2.11. The van der Waals surface area contributed by atoms with Gasteiger partial charge in [-0.3, -0.25) is 0 Å². The fraction of sp³-hybridized carbons (Fsp3) is 1.00. The van der Waals surface area contributed by atoms with Crippen LogP contribution in [-0.2, 0) is 0 Å². The summed E-state index contributed by atoms with van der Waals surface area (Å²) >= 11 is 0. The summed E-state index contributed by atoms with van der Waals surface area (Å²) in [5.41, 5.74) is 0. The minimum atomic E-state index is -0.907. The SMILES string of the molecule is C[Si](C)(C)CC[18OH]. The van der Waals surface area contributed by atoms with Gasteiger partial charge < -0.3 is 5.11 Å². The van der Waals surface area contributed by atoms with E-state index < -0.39 is 8.07 Å². The summed E-state index contributed by atoms with van der Waals surface area (Å²) in [6.07, 6.45) is 0. The van der Waals surface area contributed by atoms with E-state index in [0.717, 1.165) is 6.04 Å². The normalized spacial score (nSPS) is 12.0. The molecule has 1 nitrogen and oxygen atoms in total. The zero-order valence-corrected chi connectivity index (χ0v) is 6.36. The molecule has 0 bridgehead atoms. The van der Waals surface area contributed by atoms with Crippen LogP contribution < -0.4 is 0 Å². The van der Waals surface area contributed by atoms with Crippen molar-refractivity contribution in [1.29, 1.82) is 0 Å². The van der Waals surface area contributed by atoms with Crippen molar-refractivity contribution in [2.24, 2.45) is 0 Å². The van der Waals surface area contributed by atoms with Gasteiger partial charge in [0.05, 0.1) is 0 Å². The Labute approximate surface area is 46.4 Å². The summed E-state index contributed by atoms with van der Waals surface area (Å²) in [6.45, 7) is 7.13. The van der Waals surface area contributed by atoms with Gasteiger partial charge in [0.15, 0.2) is 0 Å². The molecule has 0 rings (SSSR count). The number of aliphatic hydroxyl groups is 1. The van der Waals surface area contributed by atoms with Crippen molar-refractivity contribution >= 4 is 8.07 Å². The molecule has 0 aromatic carbocycles. The highest BCUT2D eigenvalue weighted by Gasteiger charge is 2.09. The third-order valence-corrected chi connectivity index (χ3v) is 2.59. The highest BCUT2D eigenvalue weighted by molar-refractivity contribution is 6.76. The second-order valence-corrected chi connectivity index (χ2v) is 8.66. The zero-order chi connectivity index (χ0) is 5.91. The van der Waals surface area contributed by atoms with Crippen molar-refractivity contribution in [1.82, 2.24) is 0 Å². The van der Waals surface area contributed by atoms with E-state index in [1.807, 2.05) is 0 Å². The van der Waals surface area contributed by atoms with Crippen LogP contribution in [-0.4, -0.2) is 19.8 Å². The van der Waals surface area contributed by atoms with Gasteiger partial charge in [-0.1, -0.05) is 19.6 Å². The van der Waals surface area contributed by atoms with Gasteiger partial charge in [-0.05, 0) is 6.04 Å². The second kappa shape index (κ2) is 2.48. The van der Waals surface area contributed by atoms with Crippen LogP contribution in [0, 0.1) is 0 Å². The van der Waals surface area contributed by atoms with Gasteiger partial charge in [-0.15, -0.1) is 0 Å². The Morgan fingerprint density at radius 1 is 1.29 bits per heavy atom. The topological polar surface area (TPSA) is 20.2 Å². The maximum Gasteiger partial charge on any atom is 0.0465 e. The van der Waals surface area contributed by atoms with Crippen molar-refractivity contribution in [3.8, 4) is 0 Å². The molecular weight excluding hydrogens is 106 g/mol. The molecule has 0 spiro atoms. The largest absolute Gasteiger partial charge is 0.397 e. The first-order valence-corrected chi connectivity index (χ1v) is 6.38. The number of hydrogen-bond donors (Lipinski definition) is 1. The van der Waals surface area contributed by atoms with Gasteiger partial charge in [0, 0.05) is 14.7 Å². The maximum absolute atomic E-state index is 8.44. The van der Waals surface area contributed by atoms with Crippen molar-refractivity contribution in [2.75, 3.05) is 6.61 Å². The number of aliphatic hydroxyl groups excluding tert-OH is 1. The Hall–Kier alpha value is 0.177. The van der Waals surface area contributed by atoms with Crippen LogP contribution in [0.3, 0.4) is 0 Å². The number of hydrogen-bond acceptors (Lipinski definition) is 1. The highest BCUT2D eigenvalue weighted by atomic mass is 28.3. The van der Waals surface area contributed by atoms with Crippen molar-refractivity contribution in [2.45, 2.75) is 25.7 Å². The lowest BCUT2D eigenvalue weighted by atomic mass is 10.9. The lowest BCUT2D eigenvalue weighted by molar-refractivity contribution is 0.316. The predicted molar refractivity (Wildman–Crippen MR) is 35.2 cm³/mol. The van der Waals surface area contributed by atoms with Crippen LogP contribution in [0.15, 0.2) is 0 Å². The van der Waals surface area contributed by atoms with Crippen LogP contribution in [0.1, 0.15) is 0 Å². The second-order valence-electron chi connectivity index (χ2n) is 3.03. The van der Waals surface area contributed by atoms with E-state index in [1.165, 1.54) is 0 Å². The summed E-state index contributed by atoms with van der Waals surface area (Å²) in [4.78, 5) is 0. The molecule has 44 valence electrons. The third kappa shape index (κ3) is 6.18. The molecule has 1 N–H and O–H groups in total. The van der Waals surface area contributed by atoms with E-state index in [4.69, 9.17) is 5.11 Å². The predicted octanol–water partition coefficient (Wildman–Crippen LogP) is 1.32. The first kappa shape index (κ1) is 7.18. The van der Waals surface area contributed by atoms with Gasteiger partial charge in [0.25, 0.3) is 0 Å². The molecule has 0 unspecified atom stereocenters. The molecule has 0 fully saturated rings. The molecule has 2 heteroatoms. The Morgan fingerprint density at radius 2 is 1.71 bits per heavy atom. The van der Waals surface area contributed by atoms with Crippen LogP contribution in [0.5, 0.6) is 0 Å². The molecule has 0 heterocycles. The number of rotatable bonds is 2. The van der Waals surface area contributed by atoms with Gasteiger partial charge >= 0.3 is 0 Å². The monoisotopic (exact) mass is 120 g/mol. The Kier molecular flexibility index (Phi) is 2.54. The first-order valence-electron chi connectivity index (χ1n) is 2.67. The molecule has 0 aliphatic heterocycles. The molecule has 0 amide bonds. The third-order valence-electron chi connectivity index (χ3n) is 0.862. The van der Waals surface area contributed by atoms with Crippen LogP contribution >= 0.6 is 0 Å². The molecule has 0 aliphatic rings. The minimum Gasteiger partial charge on any atom is -0.397 e. The van der Waals surface area contributed by atoms with E-state index >= 15 is 0 Å². The summed E-state index contributed by atoms with van der Waals surface area (Å²) in [6, 6.07) is 1.03. The van der Waals surface area contributed by atoms with Crippen molar-refractivity contribution in [3.63, 3.8) is 0 Å². The van der Waals surface area contributed by atoms with E-state index in [9.17, 15) is 0 Å². The highest BCUT2D eigenvalue weighted by Crippen LogP contribution is 2.05. The fourth-order valence-electron chi connectivity index (χ4n) is 0.335. The summed E-state index contributed by atoms with van der Waals surface area (Å²) in [5.74, 6) is 0. The fourth-order valence-corrected chi connectivity index (χ4v) is 1.01. The average molecular weight is 120 g/mol. The van der Waals surface area contributed by atoms with Gasteiger partial charge in [0.1, 0.15) is 0 Å². The minimum absolute atomic E-state index is 0.371. The quantitative estimate of drug-likeness (QED) is 0.430. The van der Waals surface area contributed by atoms with Gasteiger partial charge in [-0.25, -0.2) is 0 Å². The van der Waals surface area contributed by atoms with Crippen molar-refractivity contribution in [3.05, 3.63) is 0 Å². The Morgan fingerprint density at radius 3 is 1.71 bits per heavy atom. The summed E-state index contributed by atoms with van der Waals surface area (Å²) in [5, 5.41) is 8.44. The van der Waals surface area contributed by atoms with Gasteiger partial charge in [-0.2, -0.15) is 0 Å². The summed E-state index contributed by atoms with van der Waals surface area (Å²) < 4.78 is 0. The van der Waals surface area contributed by atoms with E-state index in [1.54, 1.807) is 0 Å². The summed E-state index contributed by atoms with van der Waals surface area (Å²) in [7, 11) is -0.907. The molecule has 7 heavy (non-hydrogen) atoms. The molecule has 0 radical (unpaired) electrons. The molecule has 0 aliphatic carbocycles. The van der Waals surface area contributed by atoms with Gasteiger partial charge in [0.2, 0.25) is 0 Å². The van der Waals surface area contributed by atoms with E-state index in [0.29, 0.717) is 6.61 Å². The van der Waals surface area contributed by atoms with Crippen LogP contribution in [0.2, 0.25) is 25.7 Å².